The van der Waals surface area contributed by atoms with Crippen LogP contribution in [0.25, 0.3) is 0 Å². The predicted molar refractivity (Wildman–Crippen MR) is 78.3 cm³/mol. The van der Waals surface area contributed by atoms with E-state index < -0.39 is 17.9 Å². The minimum absolute atomic E-state index is 0.500. The van der Waals surface area contributed by atoms with Crippen molar-refractivity contribution < 1.29 is 14.7 Å². The summed E-state index contributed by atoms with van der Waals surface area (Å²) < 4.78 is 0. The summed E-state index contributed by atoms with van der Waals surface area (Å²) in [6, 6.07) is 16.4. The second kappa shape index (κ2) is 6.92. The van der Waals surface area contributed by atoms with E-state index >= 15 is 0 Å². The molecule has 1 atom stereocenters. The average molecular weight is 279 g/mol. The molecule has 2 aromatic rings. The fourth-order valence-corrected chi connectivity index (χ4v) is 1.75. The lowest BCUT2D eigenvalue weighted by molar-refractivity contribution is -0.141. The van der Waals surface area contributed by atoms with Crippen LogP contribution in [-0.4, -0.2) is 17.0 Å². The van der Waals surface area contributed by atoms with Crippen molar-refractivity contribution in [1.29, 1.82) is 0 Å². The van der Waals surface area contributed by atoms with Crippen molar-refractivity contribution in [3.05, 3.63) is 71.8 Å². The van der Waals surface area contributed by atoms with Gasteiger partial charge in [-0.1, -0.05) is 54.5 Å². The lowest BCUT2D eigenvalue weighted by atomic mass is 10.1. The quantitative estimate of drug-likeness (QED) is 0.844. The standard InChI is InChI=1S/C17H13NO3/c19-15(12-11-13-7-3-1-4-8-13)18-16(17(20)21)14-9-5-2-6-10-14/h1-10,16H,(H,18,19)(H,20,21)/t16-/m0/s1. The number of amides is 1. The molecule has 0 fully saturated rings. The molecule has 104 valence electrons. The molecule has 0 unspecified atom stereocenters. The largest absolute Gasteiger partial charge is 0.479 e. The van der Waals surface area contributed by atoms with E-state index in [-0.39, 0.29) is 0 Å². The summed E-state index contributed by atoms with van der Waals surface area (Å²) >= 11 is 0. The summed E-state index contributed by atoms with van der Waals surface area (Å²) in [7, 11) is 0. The van der Waals surface area contributed by atoms with E-state index in [9.17, 15) is 14.7 Å². The number of hydrogen-bond acceptors (Lipinski definition) is 2. The maximum absolute atomic E-state index is 11.8. The first-order chi connectivity index (χ1) is 10.2. The normalized spacial score (nSPS) is 10.9. The van der Waals surface area contributed by atoms with Crippen molar-refractivity contribution in [2.75, 3.05) is 0 Å². The SMILES string of the molecule is O=C(C#Cc1ccccc1)N[C@H](C(=O)O)c1ccccc1. The lowest BCUT2D eigenvalue weighted by Gasteiger charge is -2.12. The molecule has 1 amide bonds. The first kappa shape index (κ1) is 14.4. The Hall–Kier alpha value is -3.06. The van der Waals surface area contributed by atoms with Gasteiger partial charge in [-0.3, -0.25) is 4.79 Å². The van der Waals surface area contributed by atoms with Crippen LogP contribution in [-0.2, 0) is 9.59 Å². The van der Waals surface area contributed by atoms with Crippen molar-refractivity contribution in [3.63, 3.8) is 0 Å². The molecule has 0 bridgehead atoms. The van der Waals surface area contributed by atoms with Crippen LogP contribution < -0.4 is 5.32 Å². The third-order valence-electron chi connectivity index (χ3n) is 2.75. The Balaban J connectivity index is 2.10. The van der Waals surface area contributed by atoms with Crippen LogP contribution >= 0.6 is 0 Å². The van der Waals surface area contributed by atoms with Gasteiger partial charge in [0.1, 0.15) is 0 Å². The van der Waals surface area contributed by atoms with Crippen molar-refractivity contribution in [1.82, 2.24) is 5.32 Å². The lowest BCUT2D eigenvalue weighted by Crippen LogP contribution is -2.32. The summed E-state index contributed by atoms with van der Waals surface area (Å²) in [5.74, 6) is 3.32. The van der Waals surface area contributed by atoms with Gasteiger partial charge >= 0.3 is 5.97 Å². The fraction of sp³-hybridized carbons (Fsp3) is 0.0588. The Morgan fingerprint density at radius 3 is 2.10 bits per heavy atom. The zero-order chi connectivity index (χ0) is 15.1. The molecular formula is C17H13NO3. The molecule has 0 radical (unpaired) electrons. The number of hydrogen-bond donors (Lipinski definition) is 2. The molecule has 2 N–H and O–H groups in total. The summed E-state index contributed by atoms with van der Waals surface area (Å²) in [5, 5.41) is 11.6. The number of nitrogens with one attached hydrogen (secondary N) is 1. The Morgan fingerprint density at radius 2 is 1.52 bits per heavy atom. The minimum atomic E-state index is -1.13. The van der Waals surface area contributed by atoms with Gasteiger partial charge in [0.25, 0.3) is 5.91 Å². The summed E-state index contributed by atoms with van der Waals surface area (Å²) in [4.78, 5) is 23.0. The molecule has 0 aliphatic heterocycles. The molecule has 4 heteroatoms. The Labute approximate surface area is 122 Å². The van der Waals surface area contributed by atoms with Crippen molar-refractivity contribution in [2.24, 2.45) is 0 Å². The molecule has 4 nitrogen and oxygen atoms in total. The van der Waals surface area contributed by atoms with Crippen LogP contribution in [0.15, 0.2) is 60.7 Å². The van der Waals surface area contributed by atoms with Gasteiger partial charge in [-0.15, -0.1) is 0 Å². The molecule has 0 saturated heterocycles. The highest BCUT2D eigenvalue weighted by molar-refractivity contribution is 5.96. The topological polar surface area (TPSA) is 66.4 Å². The van der Waals surface area contributed by atoms with Crippen molar-refractivity contribution in [3.8, 4) is 11.8 Å². The molecule has 2 aromatic carbocycles. The monoisotopic (exact) mass is 279 g/mol. The summed E-state index contributed by atoms with van der Waals surface area (Å²) in [5.41, 5.74) is 1.19. The third kappa shape index (κ3) is 4.22. The number of benzene rings is 2. The summed E-state index contributed by atoms with van der Waals surface area (Å²) in [6.07, 6.45) is 0. The van der Waals surface area contributed by atoms with Crippen molar-refractivity contribution in [2.45, 2.75) is 6.04 Å². The molecule has 0 heterocycles. The summed E-state index contributed by atoms with van der Waals surface area (Å²) in [6.45, 7) is 0. The number of carbonyl (C=O) groups excluding carboxylic acids is 1. The average Bonchev–Trinajstić information content (AvgIpc) is 2.52. The van der Waals surface area contributed by atoms with E-state index in [1.807, 2.05) is 18.2 Å². The van der Waals surface area contributed by atoms with Gasteiger partial charge in [-0.25, -0.2) is 4.79 Å². The van der Waals surface area contributed by atoms with E-state index in [4.69, 9.17) is 0 Å². The minimum Gasteiger partial charge on any atom is -0.479 e. The fourth-order valence-electron chi connectivity index (χ4n) is 1.75. The van der Waals surface area contributed by atoms with E-state index in [1.165, 1.54) is 0 Å². The van der Waals surface area contributed by atoms with Gasteiger partial charge in [0.05, 0.1) is 0 Å². The number of aliphatic carboxylic acids is 1. The van der Waals surface area contributed by atoms with Crippen LogP contribution in [0.4, 0.5) is 0 Å². The van der Waals surface area contributed by atoms with Gasteiger partial charge in [-0.05, 0) is 17.7 Å². The second-order valence-electron chi connectivity index (χ2n) is 4.27. The van der Waals surface area contributed by atoms with Crippen LogP contribution in [0, 0.1) is 11.8 Å². The van der Waals surface area contributed by atoms with E-state index in [1.54, 1.807) is 42.5 Å². The van der Waals surface area contributed by atoms with Gasteiger partial charge in [0, 0.05) is 11.5 Å². The molecule has 0 aromatic heterocycles. The van der Waals surface area contributed by atoms with Gasteiger partial charge in [-0.2, -0.15) is 0 Å². The molecule has 21 heavy (non-hydrogen) atoms. The Morgan fingerprint density at radius 1 is 0.952 bits per heavy atom. The second-order valence-corrected chi connectivity index (χ2v) is 4.27. The zero-order valence-corrected chi connectivity index (χ0v) is 11.1. The van der Waals surface area contributed by atoms with Crippen molar-refractivity contribution >= 4 is 11.9 Å². The zero-order valence-electron chi connectivity index (χ0n) is 11.1. The highest BCUT2D eigenvalue weighted by Gasteiger charge is 2.20. The van der Waals surface area contributed by atoms with Gasteiger partial charge in [0.2, 0.25) is 0 Å². The highest BCUT2D eigenvalue weighted by Crippen LogP contribution is 2.12. The Kier molecular flexibility index (Phi) is 4.73. The molecule has 0 saturated carbocycles. The number of rotatable bonds is 3. The number of carbonyl (C=O) groups is 2. The number of carboxylic acids is 1. The molecule has 0 spiro atoms. The Bertz CT molecular complexity index is 684. The van der Waals surface area contributed by atoms with E-state index in [0.29, 0.717) is 11.1 Å². The molecular weight excluding hydrogens is 266 g/mol. The van der Waals surface area contributed by atoms with Gasteiger partial charge in [0.15, 0.2) is 6.04 Å². The van der Waals surface area contributed by atoms with Crippen LogP contribution in [0.2, 0.25) is 0 Å². The predicted octanol–water partition coefficient (Wildman–Crippen LogP) is 1.98. The van der Waals surface area contributed by atoms with E-state index in [0.717, 1.165) is 0 Å². The third-order valence-corrected chi connectivity index (χ3v) is 2.75. The van der Waals surface area contributed by atoms with Gasteiger partial charge < -0.3 is 10.4 Å². The smallest absolute Gasteiger partial charge is 0.330 e. The maximum Gasteiger partial charge on any atom is 0.330 e. The maximum atomic E-state index is 11.8. The van der Waals surface area contributed by atoms with E-state index in [2.05, 4.69) is 17.2 Å². The number of carboxylic acid groups (broad SMARTS) is 1. The van der Waals surface area contributed by atoms with Crippen LogP contribution in [0.3, 0.4) is 0 Å². The molecule has 0 aliphatic carbocycles. The molecule has 2 rings (SSSR count). The van der Waals surface area contributed by atoms with Crippen LogP contribution in [0.5, 0.6) is 0 Å². The van der Waals surface area contributed by atoms with Crippen LogP contribution in [0.1, 0.15) is 17.2 Å². The highest BCUT2D eigenvalue weighted by atomic mass is 16.4. The first-order valence-corrected chi connectivity index (χ1v) is 6.32. The first-order valence-electron chi connectivity index (χ1n) is 6.32. The molecule has 0 aliphatic rings.